The van der Waals surface area contributed by atoms with Gasteiger partial charge in [-0.1, -0.05) is 22.9 Å². The molecule has 1 heterocycles. The quantitative estimate of drug-likeness (QED) is 0.833. The minimum atomic E-state index is 0.0792. The highest BCUT2D eigenvalue weighted by Crippen LogP contribution is 2.27. The molecule has 2 rings (SSSR count). The fraction of sp³-hybridized carbons (Fsp3) is 0.438. The first-order valence-electron chi connectivity index (χ1n) is 7.30. The lowest BCUT2D eigenvalue weighted by Crippen LogP contribution is -2.20. The van der Waals surface area contributed by atoms with Crippen molar-refractivity contribution in [3.63, 3.8) is 0 Å². The van der Waals surface area contributed by atoms with E-state index in [1.54, 1.807) is 0 Å². The lowest BCUT2D eigenvalue weighted by molar-refractivity contribution is 0.601. The Morgan fingerprint density at radius 1 is 1.33 bits per heavy atom. The summed E-state index contributed by atoms with van der Waals surface area (Å²) in [7, 11) is 0. The summed E-state index contributed by atoms with van der Waals surface area (Å²) in [6, 6.07) is 4.35. The first kappa shape index (κ1) is 16.0. The van der Waals surface area contributed by atoms with Crippen molar-refractivity contribution in [2.75, 3.05) is 11.9 Å². The molecule has 0 saturated carbocycles. The van der Waals surface area contributed by atoms with E-state index in [0.717, 1.165) is 28.7 Å². The van der Waals surface area contributed by atoms with Gasteiger partial charge in [-0.15, -0.1) is 0 Å². The molecule has 0 spiro atoms. The van der Waals surface area contributed by atoms with Crippen LogP contribution in [0.25, 0.3) is 0 Å². The molecule has 0 aliphatic rings. The Morgan fingerprint density at radius 3 is 2.57 bits per heavy atom. The molecule has 1 aromatic carbocycles. The number of aromatic nitrogens is 2. The predicted octanol–water partition coefficient (Wildman–Crippen LogP) is 3.78. The van der Waals surface area contributed by atoms with Crippen molar-refractivity contribution in [2.45, 2.75) is 39.8 Å². The van der Waals surface area contributed by atoms with Crippen LogP contribution in [0.1, 0.15) is 36.1 Å². The van der Waals surface area contributed by atoms with Crippen molar-refractivity contribution >= 4 is 21.6 Å². The maximum atomic E-state index is 5.93. The van der Waals surface area contributed by atoms with Gasteiger partial charge in [0.1, 0.15) is 0 Å². The normalized spacial score (nSPS) is 12.4. The van der Waals surface area contributed by atoms with Crippen molar-refractivity contribution < 1.29 is 0 Å². The first-order chi connectivity index (χ1) is 10.0. The summed E-state index contributed by atoms with van der Waals surface area (Å²) in [5, 5.41) is 7.89. The van der Waals surface area contributed by atoms with Crippen molar-refractivity contribution in [1.29, 1.82) is 0 Å². The van der Waals surface area contributed by atoms with E-state index in [-0.39, 0.29) is 6.04 Å². The topological polar surface area (TPSA) is 55.9 Å². The number of hydrogen-bond acceptors (Lipinski definition) is 3. The Kier molecular flexibility index (Phi) is 5.42. The van der Waals surface area contributed by atoms with Gasteiger partial charge in [-0.05, 0) is 43.5 Å². The summed E-state index contributed by atoms with van der Waals surface area (Å²) in [4.78, 5) is 0. The fourth-order valence-electron chi connectivity index (χ4n) is 2.42. The van der Waals surface area contributed by atoms with Gasteiger partial charge in [0.15, 0.2) is 0 Å². The van der Waals surface area contributed by atoms with E-state index in [1.165, 1.54) is 11.1 Å². The second kappa shape index (κ2) is 7.09. The third-order valence-corrected chi connectivity index (χ3v) is 4.77. The lowest BCUT2D eigenvalue weighted by Gasteiger charge is -2.18. The van der Waals surface area contributed by atoms with Crippen molar-refractivity contribution in [1.82, 2.24) is 9.78 Å². The van der Waals surface area contributed by atoms with E-state index in [4.69, 9.17) is 5.73 Å². The minimum absolute atomic E-state index is 0.0792. The number of halogens is 1. The summed E-state index contributed by atoms with van der Waals surface area (Å²) in [6.45, 7) is 7.81. The molecule has 2 aromatic rings. The molecule has 3 N–H and O–H groups in total. The van der Waals surface area contributed by atoms with E-state index < -0.39 is 0 Å². The van der Waals surface area contributed by atoms with E-state index in [0.29, 0.717) is 6.54 Å². The summed E-state index contributed by atoms with van der Waals surface area (Å²) in [6.07, 6.45) is 5.05. The zero-order valence-electron chi connectivity index (χ0n) is 12.9. The molecule has 114 valence electrons. The Balaban J connectivity index is 2.18. The zero-order chi connectivity index (χ0) is 15.4. The lowest BCUT2D eigenvalue weighted by atomic mass is 10.1. The second-order valence-electron chi connectivity index (χ2n) is 5.39. The number of anilines is 1. The molecule has 1 aromatic heterocycles. The Labute approximate surface area is 134 Å². The van der Waals surface area contributed by atoms with Crippen LogP contribution in [0.4, 0.5) is 5.69 Å². The van der Waals surface area contributed by atoms with Gasteiger partial charge < -0.3 is 11.1 Å². The molecule has 0 radical (unpaired) electrons. The monoisotopic (exact) mass is 350 g/mol. The van der Waals surface area contributed by atoms with Gasteiger partial charge in [0.2, 0.25) is 0 Å². The number of rotatable bonds is 6. The number of hydrogen-bond donors (Lipinski definition) is 2. The highest BCUT2D eigenvalue weighted by Gasteiger charge is 2.13. The van der Waals surface area contributed by atoms with Crippen LogP contribution in [0.3, 0.4) is 0 Å². The van der Waals surface area contributed by atoms with Gasteiger partial charge >= 0.3 is 0 Å². The molecule has 0 amide bonds. The third-order valence-electron chi connectivity index (χ3n) is 3.52. The van der Waals surface area contributed by atoms with Gasteiger partial charge in [0, 0.05) is 35.0 Å². The van der Waals surface area contributed by atoms with Crippen LogP contribution in [-0.2, 0) is 6.54 Å². The Morgan fingerprint density at radius 2 is 2.00 bits per heavy atom. The van der Waals surface area contributed by atoms with E-state index >= 15 is 0 Å². The van der Waals surface area contributed by atoms with Gasteiger partial charge in [-0.25, -0.2) is 0 Å². The third kappa shape index (κ3) is 3.86. The highest BCUT2D eigenvalue weighted by molar-refractivity contribution is 9.10. The smallest absolute Gasteiger partial charge is 0.0667 e. The van der Waals surface area contributed by atoms with Crippen molar-refractivity contribution in [3.05, 3.63) is 45.7 Å². The van der Waals surface area contributed by atoms with Crippen molar-refractivity contribution in [3.8, 4) is 0 Å². The van der Waals surface area contributed by atoms with Crippen LogP contribution in [-0.4, -0.2) is 16.3 Å². The average molecular weight is 351 g/mol. The van der Waals surface area contributed by atoms with Crippen LogP contribution < -0.4 is 11.1 Å². The number of nitrogens with one attached hydrogen (secondary N) is 1. The molecule has 1 atom stereocenters. The molecule has 0 fully saturated rings. The molecule has 1 unspecified atom stereocenters. The van der Waals surface area contributed by atoms with Crippen LogP contribution in [0.2, 0.25) is 0 Å². The molecule has 0 aliphatic heterocycles. The number of benzene rings is 1. The van der Waals surface area contributed by atoms with Gasteiger partial charge in [0.05, 0.1) is 12.2 Å². The second-order valence-corrected chi connectivity index (χ2v) is 6.19. The Hall–Kier alpha value is -1.33. The molecule has 0 bridgehead atoms. The van der Waals surface area contributed by atoms with Crippen molar-refractivity contribution in [2.24, 2.45) is 5.73 Å². The number of nitrogens with two attached hydrogens (primary N) is 1. The maximum Gasteiger partial charge on any atom is 0.0667 e. The molecular weight excluding hydrogens is 328 g/mol. The fourth-order valence-corrected chi connectivity index (χ4v) is 2.65. The molecule has 5 heteroatoms. The minimum Gasteiger partial charge on any atom is -0.377 e. The summed E-state index contributed by atoms with van der Waals surface area (Å²) < 4.78 is 3.13. The Bertz CT molecular complexity index is 583. The summed E-state index contributed by atoms with van der Waals surface area (Å²) in [5.41, 5.74) is 10.6. The molecular formula is C16H23BrN4. The molecule has 21 heavy (non-hydrogen) atoms. The predicted molar refractivity (Wildman–Crippen MR) is 91.6 cm³/mol. The zero-order valence-corrected chi connectivity index (χ0v) is 14.4. The maximum absolute atomic E-state index is 5.93. The van der Waals surface area contributed by atoms with Crippen LogP contribution in [0.5, 0.6) is 0 Å². The first-order valence-corrected chi connectivity index (χ1v) is 8.10. The van der Waals surface area contributed by atoms with Gasteiger partial charge in [-0.3, -0.25) is 4.68 Å². The van der Waals surface area contributed by atoms with Crippen LogP contribution in [0, 0.1) is 13.8 Å². The summed E-state index contributed by atoms with van der Waals surface area (Å²) in [5.74, 6) is 0. The van der Waals surface area contributed by atoms with E-state index in [1.807, 2.05) is 10.9 Å². The standard InChI is InChI=1S/C16H23BrN4/c1-4-5-21-10-13(9-19-21)15(8-18)20-14-6-11(2)16(17)12(3)7-14/h6-7,9-10,15,20H,4-5,8,18H2,1-3H3. The van der Waals surface area contributed by atoms with Crippen LogP contribution in [0.15, 0.2) is 29.0 Å². The summed E-state index contributed by atoms with van der Waals surface area (Å²) >= 11 is 3.60. The van der Waals surface area contributed by atoms with Gasteiger partial charge in [0.25, 0.3) is 0 Å². The van der Waals surface area contributed by atoms with E-state index in [2.05, 4.69) is 65.4 Å². The molecule has 0 saturated heterocycles. The average Bonchev–Trinajstić information content (AvgIpc) is 2.91. The number of aryl methyl sites for hydroxylation is 3. The molecule has 0 aliphatic carbocycles. The SMILES string of the molecule is CCCn1cc(C(CN)Nc2cc(C)c(Br)c(C)c2)cn1. The number of nitrogens with zero attached hydrogens (tertiary/aromatic N) is 2. The molecule has 4 nitrogen and oxygen atoms in total. The van der Waals surface area contributed by atoms with Crippen LogP contribution >= 0.6 is 15.9 Å². The van der Waals surface area contributed by atoms with Gasteiger partial charge in [-0.2, -0.15) is 5.10 Å². The highest BCUT2D eigenvalue weighted by atomic mass is 79.9. The largest absolute Gasteiger partial charge is 0.377 e. The van der Waals surface area contributed by atoms with E-state index in [9.17, 15) is 0 Å².